The van der Waals surface area contributed by atoms with Crippen molar-refractivity contribution in [1.29, 1.82) is 0 Å². The van der Waals surface area contributed by atoms with Crippen LogP contribution in [0.25, 0.3) is 11.1 Å². The van der Waals surface area contributed by atoms with E-state index in [0.717, 1.165) is 22.3 Å². The standard InChI is InChI=1S/C25H16F7NO4/c26-19-15(20(27)22(29)18(21(19)28)25(30,31)32)9-17(23(34)35)33-24(36)37-10-16-13-7-3-1-5-11(13)12-6-2-4-8-14(12)16/h1-8,16-17H,9-10H2,(H,33,36)(H,34,35)/t17-/m0/s1. The van der Waals surface area contributed by atoms with Crippen LogP contribution in [0.5, 0.6) is 0 Å². The molecule has 5 nitrogen and oxygen atoms in total. The number of fused-ring (bicyclic) bond motifs is 3. The number of aliphatic carboxylic acids is 1. The number of alkyl carbamates (subject to hydrolysis) is 1. The first-order valence-corrected chi connectivity index (χ1v) is 10.7. The Bertz CT molecular complexity index is 1320. The largest absolute Gasteiger partial charge is 0.480 e. The van der Waals surface area contributed by atoms with Gasteiger partial charge < -0.3 is 15.2 Å². The van der Waals surface area contributed by atoms with Crippen LogP contribution in [0, 0.1) is 23.3 Å². The predicted molar refractivity (Wildman–Crippen MR) is 115 cm³/mol. The minimum atomic E-state index is -5.75. The normalized spacial score (nSPS) is 13.6. The van der Waals surface area contributed by atoms with E-state index in [1.54, 1.807) is 12.1 Å². The molecule has 0 heterocycles. The highest BCUT2D eigenvalue weighted by Crippen LogP contribution is 2.44. The Hall–Kier alpha value is -4.09. The van der Waals surface area contributed by atoms with Gasteiger partial charge in [0.15, 0.2) is 23.3 Å². The number of carbonyl (C=O) groups excluding carboxylic acids is 1. The summed E-state index contributed by atoms with van der Waals surface area (Å²) in [6, 6.07) is 12.4. The third-order valence-corrected chi connectivity index (χ3v) is 5.98. The molecule has 0 fully saturated rings. The third-order valence-electron chi connectivity index (χ3n) is 5.98. The van der Waals surface area contributed by atoms with Crippen LogP contribution in [-0.4, -0.2) is 29.8 Å². The van der Waals surface area contributed by atoms with Crippen LogP contribution in [-0.2, 0) is 22.1 Å². The van der Waals surface area contributed by atoms with E-state index in [2.05, 4.69) is 0 Å². The second-order valence-corrected chi connectivity index (χ2v) is 8.17. The van der Waals surface area contributed by atoms with Crippen molar-refractivity contribution in [2.45, 2.75) is 24.6 Å². The van der Waals surface area contributed by atoms with Gasteiger partial charge in [0.05, 0.1) is 0 Å². The zero-order valence-electron chi connectivity index (χ0n) is 18.5. The Kier molecular flexibility index (Phi) is 6.85. The van der Waals surface area contributed by atoms with Crippen molar-refractivity contribution < 1.29 is 50.2 Å². The summed E-state index contributed by atoms with van der Waals surface area (Å²) in [5.41, 5.74) is -0.908. The highest BCUT2D eigenvalue weighted by molar-refractivity contribution is 5.81. The van der Waals surface area contributed by atoms with Crippen LogP contribution in [0.15, 0.2) is 48.5 Å². The van der Waals surface area contributed by atoms with Gasteiger partial charge >= 0.3 is 18.2 Å². The maximum absolute atomic E-state index is 14.2. The smallest absolute Gasteiger partial charge is 0.422 e. The molecule has 0 saturated heterocycles. The Morgan fingerprint density at radius 1 is 0.865 bits per heavy atom. The number of hydrogen-bond acceptors (Lipinski definition) is 3. The second-order valence-electron chi connectivity index (χ2n) is 8.17. The SMILES string of the molecule is O=C(N[C@@H](Cc1c(F)c(F)c(C(F)(F)F)c(F)c1F)C(=O)O)OCC1c2ccccc2-c2ccccc21. The van der Waals surface area contributed by atoms with Gasteiger partial charge in [-0.1, -0.05) is 48.5 Å². The van der Waals surface area contributed by atoms with Crippen LogP contribution in [0.2, 0.25) is 0 Å². The number of nitrogens with one attached hydrogen (secondary N) is 1. The molecular weight excluding hydrogens is 511 g/mol. The number of ether oxygens (including phenoxy) is 1. The van der Waals surface area contributed by atoms with E-state index >= 15 is 0 Å². The van der Waals surface area contributed by atoms with Crippen LogP contribution in [0.3, 0.4) is 0 Å². The summed E-state index contributed by atoms with van der Waals surface area (Å²) in [7, 11) is 0. The lowest BCUT2D eigenvalue weighted by Crippen LogP contribution is -2.43. The van der Waals surface area contributed by atoms with Gasteiger partial charge in [-0.2, -0.15) is 13.2 Å². The van der Waals surface area contributed by atoms with E-state index in [1.807, 2.05) is 41.7 Å². The Morgan fingerprint density at radius 2 is 1.35 bits per heavy atom. The van der Waals surface area contributed by atoms with Crippen LogP contribution in [0.1, 0.15) is 28.2 Å². The number of carboxylic acid groups (broad SMARTS) is 1. The highest BCUT2D eigenvalue weighted by Gasteiger charge is 2.43. The van der Waals surface area contributed by atoms with E-state index in [-0.39, 0.29) is 6.61 Å². The predicted octanol–water partition coefficient (Wildman–Crippen LogP) is 5.80. The second kappa shape index (κ2) is 9.75. The average Bonchev–Trinajstić information content (AvgIpc) is 3.16. The summed E-state index contributed by atoms with van der Waals surface area (Å²) in [5, 5.41) is 11.2. The molecule has 0 saturated carbocycles. The van der Waals surface area contributed by atoms with Crippen LogP contribution in [0.4, 0.5) is 35.5 Å². The topological polar surface area (TPSA) is 75.6 Å². The fourth-order valence-corrected chi connectivity index (χ4v) is 4.29. The first-order valence-electron chi connectivity index (χ1n) is 10.7. The summed E-state index contributed by atoms with van der Waals surface area (Å²) in [6.07, 6.45) is -8.48. The molecule has 1 amide bonds. The van der Waals surface area contributed by atoms with Gasteiger partial charge in [0.1, 0.15) is 18.2 Å². The monoisotopic (exact) mass is 527 g/mol. The van der Waals surface area contributed by atoms with E-state index in [0.29, 0.717) is 0 Å². The summed E-state index contributed by atoms with van der Waals surface area (Å²) >= 11 is 0. The maximum Gasteiger partial charge on any atom is 0.422 e. The number of amides is 1. The molecule has 0 aliphatic heterocycles. The summed E-state index contributed by atoms with van der Waals surface area (Å²) < 4.78 is 99.7. The van der Waals surface area contributed by atoms with Crippen LogP contribution >= 0.6 is 0 Å². The molecule has 0 radical (unpaired) electrons. The molecule has 3 aromatic carbocycles. The molecule has 0 aromatic heterocycles. The molecule has 37 heavy (non-hydrogen) atoms. The van der Waals surface area contributed by atoms with Crippen molar-refractivity contribution >= 4 is 12.1 Å². The number of rotatable bonds is 6. The Morgan fingerprint density at radius 3 is 1.81 bits per heavy atom. The quantitative estimate of drug-likeness (QED) is 0.314. The number of carbonyl (C=O) groups is 2. The van der Waals surface area contributed by atoms with Crippen molar-refractivity contribution in [3.63, 3.8) is 0 Å². The highest BCUT2D eigenvalue weighted by atomic mass is 19.4. The van der Waals surface area contributed by atoms with Gasteiger partial charge in [-0.3, -0.25) is 0 Å². The fourth-order valence-electron chi connectivity index (χ4n) is 4.29. The van der Waals surface area contributed by atoms with Crippen LogP contribution < -0.4 is 5.32 Å². The number of alkyl halides is 3. The molecule has 1 aliphatic carbocycles. The maximum atomic E-state index is 14.2. The van der Waals surface area contributed by atoms with E-state index in [4.69, 9.17) is 4.74 Å². The molecule has 4 rings (SSSR count). The molecule has 1 aliphatic rings. The van der Waals surface area contributed by atoms with Gasteiger partial charge in [0.25, 0.3) is 0 Å². The Balaban J connectivity index is 1.51. The summed E-state index contributed by atoms with van der Waals surface area (Å²) in [5.74, 6) is -12.6. The fraction of sp³-hybridized carbons (Fsp3) is 0.200. The Labute approximate surface area is 204 Å². The minimum Gasteiger partial charge on any atom is -0.480 e. The van der Waals surface area contributed by atoms with E-state index in [9.17, 15) is 45.4 Å². The molecule has 12 heteroatoms. The van der Waals surface area contributed by atoms with E-state index in [1.165, 1.54) is 0 Å². The molecular formula is C25H16F7NO4. The molecule has 3 aromatic rings. The van der Waals surface area contributed by atoms with Gasteiger partial charge in [0, 0.05) is 17.9 Å². The summed E-state index contributed by atoms with van der Waals surface area (Å²) in [6.45, 7) is -0.252. The molecule has 0 bridgehead atoms. The molecule has 194 valence electrons. The first kappa shape index (κ1) is 26.0. The van der Waals surface area contributed by atoms with Crippen molar-refractivity contribution in [1.82, 2.24) is 5.32 Å². The lowest BCUT2D eigenvalue weighted by atomic mass is 9.98. The number of carboxylic acids is 1. The van der Waals surface area contributed by atoms with Crippen molar-refractivity contribution in [3.05, 3.63) is 94.1 Å². The molecule has 1 atom stereocenters. The van der Waals surface area contributed by atoms with Crippen molar-refractivity contribution in [2.24, 2.45) is 0 Å². The van der Waals surface area contributed by atoms with Gasteiger partial charge in [-0.15, -0.1) is 0 Å². The van der Waals surface area contributed by atoms with E-state index < -0.39 is 71.0 Å². The minimum absolute atomic E-state index is 0.252. The molecule has 0 spiro atoms. The third kappa shape index (κ3) is 4.83. The zero-order chi connectivity index (χ0) is 27.1. The summed E-state index contributed by atoms with van der Waals surface area (Å²) in [4.78, 5) is 23.9. The number of hydrogen-bond donors (Lipinski definition) is 2. The van der Waals surface area contributed by atoms with Gasteiger partial charge in [0.2, 0.25) is 0 Å². The van der Waals surface area contributed by atoms with Crippen molar-refractivity contribution in [3.8, 4) is 11.1 Å². The molecule has 0 unspecified atom stereocenters. The van der Waals surface area contributed by atoms with Gasteiger partial charge in [-0.05, 0) is 22.3 Å². The van der Waals surface area contributed by atoms with Gasteiger partial charge in [-0.25, -0.2) is 27.2 Å². The first-order chi connectivity index (χ1) is 17.4. The van der Waals surface area contributed by atoms with Crippen molar-refractivity contribution in [2.75, 3.05) is 6.61 Å². The lowest BCUT2D eigenvalue weighted by Gasteiger charge is -2.19. The lowest BCUT2D eigenvalue weighted by molar-refractivity contribution is -0.143. The zero-order valence-corrected chi connectivity index (χ0v) is 18.5. The average molecular weight is 527 g/mol. The number of benzene rings is 3. The number of halogens is 7. The molecule has 2 N–H and O–H groups in total.